The summed E-state index contributed by atoms with van der Waals surface area (Å²) >= 11 is 5.86. The summed E-state index contributed by atoms with van der Waals surface area (Å²) in [6, 6.07) is 0.969. The number of carboxylic acids is 1. The molecule has 1 unspecified atom stereocenters. The Kier molecular flexibility index (Phi) is 3.11. The van der Waals surface area contributed by atoms with Crippen LogP contribution in [-0.4, -0.2) is 27.6 Å². The molecule has 1 atom stereocenters. The Morgan fingerprint density at radius 1 is 1.59 bits per heavy atom. The number of carbonyl (C=O) groups excluding carboxylic acids is 1. The maximum Gasteiger partial charge on any atom is 0.325 e. The minimum Gasteiger partial charge on any atom is -0.480 e. The predicted octanol–water partition coefficient (Wildman–Crippen LogP) is 1.68. The fourth-order valence-corrected chi connectivity index (χ4v) is 1.82. The average molecular weight is 257 g/mol. The van der Waals surface area contributed by atoms with Crippen molar-refractivity contribution in [3.63, 3.8) is 0 Å². The Morgan fingerprint density at radius 3 is 2.76 bits per heavy atom. The van der Waals surface area contributed by atoms with Gasteiger partial charge in [-0.2, -0.15) is 0 Å². The Balaban J connectivity index is 2.15. The van der Waals surface area contributed by atoms with Crippen molar-refractivity contribution in [1.82, 2.24) is 9.88 Å². The quantitative estimate of drug-likeness (QED) is 0.861. The van der Waals surface area contributed by atoms with Crippen LogP contribution in [0.15, 0.2) is 12.3 Å². The zero-order chi connectivity index (χ0) is 12.6. The second-order valence-corrected chi connectivity index (χ2v) is 4.65. The summed E-state index contributed by atoms with van der Waals surface area (Å²) in [5.41, 5.74) is 0.422. The van der Waals surface area contributed by atoms with Crippen LogP contribution in [-0.2, 0) is 4.79 Å². The molecular formula is C11H13ClN2O3. The number of hydrogen-bond acceptors (Lipinski definition) is 2. The molecule has 0 bridgehead atoms. The van der Waals surface area contributed by atoms with Crippen LogP contribution in [0.1, 0.15) is 36.3 Å². The zero-order valence-electron chi connectivity index (χ0n) is 9.31. The van der Waals surface area contributed by atoms with Crippen LogP contribution < -0.4 is 5.32 Å². The molecule has 1 aromatic rings. The van der Waals surface area contributed by atoms with Gasteiger partial charge in [0.2, 0.25) is 0 Å². The molecule has 1 amide bonds. The largest absolute Gasteiger partial charge is 0.480 e. The van der Waals surface area contributed by atoms with Crippen molar-refractivity contribution >= 4 is 23.5 Å². The Hall–Kier alpha value is -1.49. The minimum atomic E-state index is -1.06. The molecule has 1 aliphatic rings. The number of amides is 1. The van der Waals surface area contributed by atoms with E-state index in [1.54, 1.807) is 12.3 Å². The number of carbonyl (C=O) groups is 2. The van der Waals surface area contributed by atoms with Gasteiger partial charge in [0.1, 0.15) is 11.7 Å². The van der Waals surface area contributed by atoms with Crippen molar-refractivity contribution in [2.45, 2.75) is 31.8 Å². The summed E-state index contributed by atoms with van der Waals surface area (Å²) in [5.74, 6) is -1.47. The van der Waals surface area contributed by atoms with Gasteiger partial charge < -0.3 is 15.0 Å². The van der Waals surface area contributed by atoms with Crippen molar-refractivity contribution < 1.29 is 14.7 Å². The molecule has 0 spiro atoms. The van der Waals surface area contributed by atoms with Gasteiger partial charge in [0, 0.05) is 12.2 Å². The number of rotatable bonds is 4. The van der Waals surface area contributed by atoms with E-state index in [2.05, 4.69) is 5.32 Å². The zero-order valence-corrected chi connectivity index (χ0v) is 10.1. The molecule has 1 aromatic heterocycles. The molecule has 1 aliphatic carbocycles. The molecule has 17 heavy (non-hydrogen) atoms. The second-order valence-electron chi connectivity index (χ2n) is 4.22. The number of halogens is 1. The lowest BCUT2D eigenvalue weighted by atomic mass is 10.3. The molecule has 1 saturated carbocycles. The Bertz CT molecular complexity index is 465. The van der Waals surface area contributed by atoms with Crippen LogP contribution in [0.2, 0.25) is 5.02 Å². The van der Waals surface area contributed by atoms with E-state index >= 15 is 0 Å². The first kappa shape index (κ1) is 12.0. The van der Waals surface area contributed by atoms with Crippen molar-refractivity contribution in [2.24, 2.45) is 0 Å². The van der Waals surface area contributed by atoms with E-state index in [1.807, 2.05) is 4.57 Å². The fraction of sp³-hybridized carbons (Fsp3) is 0.455. The first-order chi connectivity index (χ1) is 7.99. The lowest BCUT2D eigenvalue weighted by Gasteiger charge is -2.11. The highest BCUT2D eigenvalue weighted by molar-refractivity contribution is 6.31. The number of hydrogen-bond donors (Lipinski definition) is 2. The monoisotopic (exact) mass is 256 g/mol. The molecule has 6 heteroatoms. The van der Waals surface area contributed by atoms with Gasteiger partial charge in [-0.15, -0.1) is 0 Å². The standard InChI is InChI=1S/C11H13ClN2O3/c1-6(11(16)17)13-10(15)9-4-7(12)5-14(9)8-2-3-8/h4-6,8H,2-3H2,1H3,(H,13,15)(H,16,17). The molecule has 1 fully saturated rings. The number of aromatic nitrogens is 1. The van der Waals surface area contributed by atoms with Gasteiger partial charge in [-0.25, -0.2) is 0 Å². The molecule has 5 nitrogen and oxygen atoms in total. The lowest BCUT2D eigenvalue weighted by molar-refractivity contribution is -0.138. The number of aliphatic carboxylic acids is 1. The van der Waals surface area contributed by atoms with Crippen molar-refractivity contribution in [2.75, 3.05) is 0 Å². The van der Waals surface area contributed by atoms with Gasteiger partial charge in [0.05, 0.1) is 5.02 Å². The van der Waals surface area contributed by atoms with Crippen LogP contribution in [0, 0.1) is 0 Å². The highest BCUT2D eigenvalue weighted by Gasteiger charge is 2.28. The summed E-state index contributed by atoms with van der Waals surface area (Å²) in [4.78, 5) is 22.5. The molecule has 0 aliphatic heterocycles. The highest BCUT2D eigenvalue weighted by atomic mass is 35.5. The summed E-state index contributed by atoms with van der Waals surface area (Å²) in [7, 11) is 0. The molecule has 92 valence electrons. The van der Waals surface area contributed by atoms with Crippen LogP contribution in [0.3, 0.4) is 0 Å². The smallest absolute Gasteiger partial charge is 0.325 e. The van der Waals surface area contributed by atoms with Crippen LogP contribution in [0.4, 0.5) is 0 Å². The summed E-state index contributed by atoms with van der Waals surface area (Å²) in [5, 5.41) is 11.6. The average Bonchev–Trinajstić information content (AvgIpc) is 3.01. The minimum absolute atomic E-state index is 0.323. The van der Waals surface area contributed by atoms with Gasteiger partial charge in [0.15, 0.2) is 0 Å². The molecule has 0 radical (unpaired) electrons. The van der Waals surface area contributed by atoms with Gasteiger partial charge >= 0.3 is 5.97 Å². The van der Waals surface area contributed by atoms with Crippen LogP contribution in [0.25, 0.3) is 0 Å². The highest BCUT2D eigenvalue weighted by Crippen LogP contribution is 2.37. The number of carboxylic acid groups (broad SMARTS) is 1. The van der Waals surface area contributed by atoms with E-state index in [0.717, 1.165) is 12.8 Å². The lowest BCUT2D eigenvalue weighted by Crippen LogP contribution is -2.39. The maximum absolute atomic E-state index is 11.9. The Morgan fingerprint density at radius 2 is 2.24 bits per heavy atom. The normalized spacial score (nSPS) is 16.6. The van der Waals surface area contributed by atoms with E-state index in [9.17, 15) is 9.59 Å². The fourth-order valence-electron chi connectivity index (χ4n) is 1.61. The van der Waals surface area contributed by atoms with Gasteiger partial charge in [-0.05, 0) is 25.8 Å². The molecule has 0 saturated heterocycles. The number of nitrogens with one attached hydrogen (secondary N) is 1. The van der Waals surface area contributed by atoms with E-state index in [0.29, 0.717) is 16.8 Å². The predicted molar refractivity (Wildman–Crippen MR) is 62.3 cm³/mol. The van der Waals surface area contributed by atoms with E-state index in [-0.39, 0.29) is 0 Å². The van der Waals surface area contributed by atoms with Crippen molar-refractivity contribution in [3.05, 3.63) is 23.0 Å². The summed E-state index contributed by atoms with van der Waals surface area (Å²) in [6.07, 6.45) is 3.76. The van der Waals surface area contributed by atoms with E-state index in [1.165, 1.54) is 6.92 Å². The van der Waals surface area contributed by atoms with E-state index in [4.69, 9.17) is 16.7 Å². The van der Waals surface area contributed by atoms with Crippen molar-refractivity contribution in [3.8, 4) is 0 Å². The van der Waals surface area contributed by atoms with Crippen molar-refractivity contribution in [1.29, 1.82) is 0 Å². The molecule has 0 aromatic carbocycles. The molecule has 2 rings (SSSR count). The topological polar surface area (TPSA) is 71.3 Å². The maximum atomic E-state index is 11.9. The SMILES string of the molecule is CC(NC(=O)c1cc(Cl)cn1C1CC1)C(=O)O. The van der Waals surface area contributed by atoms with Gasteiger partial charge in [-0.1, -0.05) is 11.6 Å². The first-order valence-corrected chi connectivity index (χ1v) is 5.78. The summed E-state index contributed by atoms with van der Waals surface area (Å²) < 4.78 is 1.81. The van der Waals surface area contributed by atoms with Crippen LogP contribution >= 0.6 is 11.6 Å². The summed E-state index contributed by atoms with van der Waals surface area (Å²) in [6.45, 7) is 1.42. The number of nitrogens with zero attached hydrogens (tertiary/aromatic N) is 1. The second kappa shape index (κ2) is 4.41. The third-order valence-corrected chi connectivity index (χ3v) is 2.91. The molecule has 2 N–H and O–H groups in total. The van der Waals surface area contributed by atoms with Gasteiger partial charge in [0.25, 0.3) is 5.91 Å². The Labute approximate surface area is 103 Å². The van der Waals surface area contributed by atoms with E-state index < -0.39 is 17.9 Å². The molecular weight excluding hydrogens is 244 g/mol. The van der Waals surface area contributed by atoms with Gasteiger partial charge in [-0.3, -0.25) is 9.59 Å². The van der Waals surface area contributed by atoms with Crippen LogP contribution in [0.5, 0.6) is 0 Å². The molecule has 1 heterocycles. The first-order valence-electron chi connectivity index (χ1n) is 5.40. The third kappa shape index (κ3) is 2.61. The third-order valence-electron chi connectivity index (χ3n) is 2.71.